The lowest BCUT2D eigenvalue weighted by atomic mass is 10.1. The van der Waals surface area contributed by atoms with Gasteiger partial charge in [-0.05, 0) is 25.0 Å². The molecule has 21 heavy (non-hydrogen) atoms. The minimum atomic E-state index is -1.13. The zero-order valence-corrected chi connectivity index (χ0v) is 12.0. The Morgan fingerprint density at radius 2 is 1.71 bits per heavy atom. The summed E-state index contributed by atoms with van der Waals surface area (Å²) in [6, 6.07) is 5.60. The van der Waals surface area contributed by atoms with Gasteiger partial charge in [-0.25, -0.2) is 0 Å². The van der Waals surface area contributed by atoms with Gasteiger partial charge < -0.3 is 16.2 Å². The number of rotatable bonds is 7. The lowest BCUT2D eigenvalue weighted by Crippen LogP contribution is -2.42. The van der Waals surface area contributed by atoms with Crippen molar-refractivity contribution in [1.82, 2.24) is 4.90 Å². The molecule has 114 valence electrons. The van der Waals surface area contributed by atoms with Crippen LogP contribution in [0.4, 0.5) is 5.69 Å². The summed E-state index contributed by atoms with van der Waals surface area (Å²) in [4.78, 5) is 34.8. The highest BCUT2D eigenvalue weighted by Gasteiger charge is 2.17. The lowest BCUT2D eigenvalue weighted by Gasteiger charge is -2.19. The Kier molecular flexibility index (Phi) is 5.86. The second-order valence-electron chi connectivity index (χ2n) is 4.82. The zero-order chi connectivity index (χ0) is 16.0. The minimum Gasteiger partial charge on any atom is -0.480 e. The SMILES string of the molecule is Cc1cccc(C)c1NC(=O)CN(CC(N)=O)CC(=O)O. The number of aryl methyl sites for hydroxylation is 2. The molecule has 0 aliphatic heterocycles. The van der Waals surface area contributed by atoms with Gasteiger partial charge in [0.25, 0.3) is 0 Å². The van der Waals surface area contributed by atoms with Gasteiger partial charge in [0.15, 0.2) is 0 Å². The molecular weight excluding hydrogens is 274 g/mol. The minimum absolute atomic E-state index is 0.219. The first-order valence-electron chi connectivity index (χ1n) is 6.38. The van der Waals surface area contributed by atoms with Gasteiger partial charge in [0.05, 0.1) is 19.6 Å². The molecule has 0 unspecified atom stereocenters. The van der Waals surface area contributed by atoms with E-state index in [-0.39, 0.29) is 13.1 Å². The predicted molar refractivity (Wildman–Crippen MR) is 77.8 cm³/mol. The van der Waals surface area contributed by atoms with Crippen LogP contribution in [0, 0.1) is 13.8 Å². The lowest BCUT2D eigenvalue weighted by molar-refractivity contribution is -0.138. The number of benzene rings is 1. The fraction of sp³-hybridized carbons (Fsp3) is 0.357. The van der Waals surface area contributed by atoms with Gasteiger partial charge in [0, 0.05) is 5.69 Å². The molecule has 0 atom stereocenters. The van der Waals surface area contributed by atoms with E-state index < -0.39 is 24.3 Å². The van der Waals surface area contributed by atoms with E-state index in [1.54, 1.807) is 0 Å². The Bertz CT molecular complexity index is 521. The molecule has 1 aromatic carbocycles. The Labute approximate surface area is 122 Å². The van der Waals surface area contributed by atoms with Crippen LogP contribution in [0.3, 0.4) is 0 Å². The fourth-order valence-electron chi connectivity index (χ4n) is 1.97. The normalized spacial score (nSPS) is 10.4. The second kappa shape index (κ2) is 7.39. The quantitative estimate of drug-likeness (QED) is 0.660. The van der Waals surface area contributed by atoms with Crippen LogP contribution in [0.15, 0.2) is 18.2 Å². The number of para-hydroxylation sites is 1. The molecule has 2 amide bonds. The highest BCUT2D eigenvalue weighted by molar-refractivity contribution is 5.94. The largest absolute Gasteiger partial charge is 0.480 e. The summed E-state index contributed by atoms with van der Waals surface area (Å²) in [5, 5.41) is 11.5. The third-order valence-electron chi connectivity index (χ3n) is 2.85. The van der Waals surface area contributed by atoms with Gasteiger partial charge in [0.2, 0.25) is 11.8 Å². The highest BCUT2D eigenvalue weighted by atomic mass is 16.4. The van der Waals surface area contributed by atoms with Crippen LogP contribution in [0.5, 0.6) is 0 Å². The van der Waals surface area contributed by atoms with Crippen LogP contribution in [0.1, 0.15) is 11.1 Å². The van der Waals surface area contributed by atoms with Crippen molar-refractivity contribution < 1.29 is 19.5 Å². The molecule has 0 fully saturated rings. The summed E-state index contributed by atoms with van der Waals surface area (Å²) in [7, 11) is 0. The second-order valence-corrected chi connectivity index (χ2v) is 4.82. The average Bonchev–Trinajstić information content (AvgIpc) is 2.32. The van der Waals surface area contributed by atoms with E-state index in [1.165, 1.54) is 4.90 Å². The number of carbonyl (C=O) groups excluding carboxylic acids is 2. The fourth-order valence-corrected chi connectivity index (χ4v) is 1.97. The molecule has 0 aromatic heterocycles. The van der Waals surface area contributed by atoms with Gasteiger partial charge in [0.1, 0.15) is 0 Å². The molecule has 0 saturated carbocycles. The van der Waals surface area contributed by atoms with Crippen molar-refractivity contribution >= 4 is 23.5 Å². The number of primary amides is 1. The van der Waals surface area contributed by atoms with Crippen LogP contribution in [0.25, 0.3) is 0 Å². The number of carboxylic acids is 1. The topological polar surface area (TPSA) is 113 Å². The van der Waals surface area contributed by atoms with Crippen molar-refractivity contribution in [1.29, 1.82) is 0 Å². The van der Waals surface area contributed by atoms with Gasteiger partial charge in [-0.2, -0.15) is 0 Å². The molecule has 0 heterocycles. The Hall–Kier alpha value is -2.41. The Morgan fingerprint density at radius 3 is 2.19 bits per heavy atom. The van der Waals surface area contributed by atoms with Crippen molar-refractivity contribution in [2.24, 2.45) is 5.73 Å². The first-order valence-corrected chi connectivity index (χ1v) is 6.38. The number of amides is 2. The molecule has 0 radical (unpaired) electrons. The summed E-state index contributed by atoms with van der Waals surface area (Å²) in [6.07, 6.45) is 0. The number of carbonyl (C=O) groups is 3. The van der Waals surface area contributed by atoms with Crippen molar-refractivity contribution in [2.75, 3.05) is 25.0 Å². The number of nitrogens with zero attached hydrogens (tertiary/aromatic N) is 1. The van der Waals surface area contributed by atoms with Crippen LogP contribution in [-0.4, -0.2) is 47.4 Å². The molecule has 0 saturated heterocycles. The number of aliphatic carboxylic acids is 1. The summed E-state index contributed by atoms with van der Waals surface area (Å²) in [5.41, 5.74) is 7.54. The molecule has 0 aliphatic rings. The molecule has 7 nitrogen and oxygen atoms in total. The third-order valence-corrected chi connectivity index (χ3v) is 2.85. The standard InChI is InChI=1S/C14H19N3O4/c1-9-4-3-5-10(2)14(9)16-12(19)7-17(6-11(15)18)8-13(20)21/h3-5H,6-8H2,1-2H3,(H2,15,18)(H,16,19)(H,20,21). The maximum Gasteiger partial charge on any atom is 0.317 e. The molecule has 1 rings (SSSR count). The summed E-state index contributed by atoms with van der Waals surface area (Å²) in [6.45, 7) is 2.79. The monoisotopic (exact) mass is 293 g/mol. The molecule has 4 N–H and O–H groups in total. The van der Waals surface area contributed by atoms with Crippen LogP contribution in [0.2, 0.25) is 0 Å². The van der Waals surface area contributed by atoms with Gasteiger partial charge in [-0.3, -0.25) is 19.3 Å². The van der Waals surface area contributed by atoms with Crippen molar-refractivity contribution in [3.8, 4) is 0 Å². The molecule has 0 bridgehead atoms. The molecule has 0 spiro atoms. The summed E-state index contributed by atoms with van der Waals surface area (Å²) in [5.74, 6) is -2.21. The Balaban J connectivity index is 2.73. The van der Waals surface area contributed by atoms with Crippen molar-refractivity contribution in [3.05, 3.63) is 29.3 Å². The van der Waals surface area contributed by atoms with Crippen LogP contribution >= 0.6 is 0 Å². The van der Waals surface area contributed by atoms with E-state index in [4.69, 9.17) is 10.8 Å². The van der Waals surface area contributed by atoms with Gasteiger partial charge in [-0.1, -0.05) is 18.2 Å². The van der Waals surface area contributed by atoms with Gasteiger partial charge in [-0.15, -0.1) is 0 Å². The first-order chi connectivity index (χ1) is 9.79. The maximum atomic E-state index is 12.0. The molecule has 7 heteroatoms. The van der Waals surface area contributed by atoms with E-state index in [9.17, 15) is 14.4 Å². The van der Waals surface area contributed by atoms with E-state index in [2.05, 4.69) is 5.32 Å². The smallest absolute Gasteiger partial charge is 0.317 e. The number of hydrogen-bond acceptors (Lipinski definition) is 4. The van der Waals surface area contributed by atoms with E-state index >= 15 is 0 Å². The first kappa shape index (κ1) is 16.6. The van der Waals surface area contributed by atoms with Crippen molar-refractivity contribution in [3.63, 3.8) is 0 Å². The maximum absolute atomic E-state index is 12.0. The van der Waals surface area contributed by atoms with Crippen molar-refractivity contribution in [2.45, 2.75) is 13.8 Å². The summed E-state index contributed by atoms with van der Waals surface area (Å²) < 4.78 is 0. The molecular formula is C14H19N3O4. The predicted octanol–water partition coefficient (Wildman–Crippen LogP) is 0.114. The molecule has 1 aromatic rings. The Morgan fingerprint density at radius 1 is 1.14 bits per heavy atom. The van der Waals surface area contributed by atoms with E-state index in [1.807, 2.05) is 32.0 Å². The number of hydrogen-bond donors (Lipinski definition) is 3. The third kappa shape index (κ3) is 5.62. The van der Waals surface area contributed by atoms with E-state index in [0.717, 1.165) is 11.1 Å². The number of nitrogens with one attached hydrogen (secondary N) is 1. The number of carboxylic acid groups (broad SMARTS) is 1. The average molecular weight is 293 g/mol. The van der Waals surface area contributed by atoms with Crippen LogP contribution < -0.4 is 11.1 Å². The number of anilines is 1. The van der Waals surface area contributed by atoms with E-state index in [0.29, 0.717) is 5.69 Å². The van der Waals surface area contributed by atoms with Crippen LogP contribution in [-0.2, 0) is 14.4 Å². The van der Waals surface area contributed by atoms with Gasteiger partial charge >= 0.3 is 5.97 Å². The highest BCUT2D eigenvalue weighted by Crippen LogP contribution is 2.19. The summed E-state index contributed by atoms with van der Waals surface area (Å²) >= 11 is 0. The zero-order valence-electron chi connectivity index (χ0n) is 12.0. The molecule has 0 aliphatic carbocycles. The number of nitrogens with two attached hydrogens (primary N) is 1.